The number of methoxy groups -OCH3 is 2. The number of allylic oxidation sites excluding steroid dienone is 2. The van der Waals surface area contributed by atoms with Crippen LogP contribution in [0.2, 0.25) is 0 Å². The number of carbonyl (C=O) groups is 2. The normalized spacial score (nSPS) is 21.8. The smallest absolute Gasteiger partial charge is 0.315 e. The molecule has 0 fully saturated rings. The number of halogens is 1. The van der Waals surface area contributed by atoms with Crippen LogP contribution < -0.4 is 9.47 Å². The lowest BCUT2D eigenvalue weighted by molar-refractivity contribution is -0.146. The highest BCUT2D eigenvalue weighted by molar-refractivity contribution is 6.09. The Bertz CT molecular complexity index is 1180. The lowest BCUT2D eigenvalue weighted by Gasteiger charge is -2.36. The minimum atomic E-state index is -0.729. The van der Waals surface area contributed by atoms with E-state index in [0.29, 0.717) is 53.5 Å². The van der Waals surface area contributed by atoms with Crippen molar-refractivity contribution in [3.8, 4) is 11.5 Å². The number of esters is 1. The predicted octanol–water partition coefficient (Wildman–Crippen LogP) is 5.37. The number of rotatable bonds is 7. The van der Waals surface area contributed by atoms with Crippen molar-refractivity contribution < 1.29 is 28.2 Å². The second kappa shape index (κ2) is 10.4. The van der Waals surface area contributed by atoms with Gasteiger partial charge in [-0.1, -0.05) is 25.1 Å². The van der Waals surface area contributed by atoms with Crippen molar-refractivity contribution in [2.24, 2.45) is 10.9 Å². The average Bonchev–Trinajstić information content (AvgIpc) is 2.86. The fourth-order valence-electron chi connectivity index (χ4n) is 5.03. The number of hydrogen-bond acceptors (Lipinski definition) is 6. The Morgan fingerprint density at radius 2 is 1.71 bits per heavy atom. The zero-order valence-corrected chi connectivity index (χ0v) is 20.5. The Balaban J connectivity index is 1.75. The number of Topliss-reactive ketones (excluding diaryl/α,β-unsaturated/α-hetero) is 1. The molecule has 2 aliphatic rings. The zero-order chi connectivity index (χ0) is 25.1. The topological polar surface area (TPSA) is 74.2 Å². The molecule has 4 rings (SSSR count). The predicted molar refractivity (Wildman–Crippen MR) is 131 cm³/mol. The van der Waals surface area contributed by atoms with Gasteiger partial charge in [-0.2, -0.15) is 0 Å². The van der Waals surface area contributed by atoms with Crippen LogP contribution in [-0.4, -0.2) is 38.3 Å². The highest BCUT2D eigenvalue weighted by Crippen LogP contribution is 2.47. The van der Waals surface area contributed by atoms with E-state index in [1.165, 1.54) is 12.1 Å². The number of ketones is 1. The molecule has 0 bridgehead atoms. The third-order valence-electron chi connectivity index (χ3n) is 6.70. The third kappa shape index (κ3) is 4.85. The molecule has 1 aliphatic heterocycles. The molecule has 0 aromatic heterocycles. The molecule has 6 nitrogen and oxygen atoms in total. The van der Waals surface area contributed by atoms with Gasteiger partial charge in [0.1, 0.15) is 11.7 Å². The fourth-order valence-corrected chi connectivity index (χ4v) is 5.03. The summed E-state index contributed by atoms with van der Waals surface area (Å²) in [6.07, 6.45) is 1.51. The van der Waals surface area contributed by atoms with Crippen LogP contribution in [0.25, 0.3) is 0 Å². The van der Waals surface area contributed by atoms with Gasteiger partial charge in [0, 0.05) is 29.3 Å². The molecule has 1 heterocycles. The van der Waals surface area contributed by atoms with Gasteiger partial charge in [-0.15, -0.1) is 0 Å². The summed E-state index contributed by atoms with van der Waals surface area (Å²) in [5.74, 6) is -1.02. The van der Waals surface area contributed by atoms with E-state index >= 15 is 0 Å². The maximum Gasteiger partial charge on any atom is 0.315 e. The molecular weight excluding hydrogens is 449 g/mol. The van der Waals surface area contributed by atoms with E-state index in [1.54, 1.807) is 33.3 Å². The Morgan fingerprint density at radius 3 is 2.37 bits per heavy atom. The van der Waals surface area contributed by atoms with Crippen LogP contribution in [0.1, 0.15) is 56.1 Å². The minimum absolute atomic E-state index is 0.0649. The summed E-state index contributed by atoms with van der Waals surface area (Å²) >= 11 is 0. The molecule has 1 unspecified atom stereocenters. The van der Waals surface area contributed by atoms with Crippen LogP contribution in [0.5, 0.6) is 11.5 Å². The standard InChI is InChI=1S/C28H30FNO5/c1-5-12-35-28(32)25-16(2)30-21-13-19(18-8-11-23(33-3)24(15-18)34-4)14-22(31)27(21)26(25)17-6-9-20(29)10-7-17/h6-11,15,19,25-26H,5,12-14H2,1-4H3/t19-,25?,26+/m1/s1. The molecule has 3 atom stereocenters. The molecule has 2 aromatic carbocycles. The van der Waals surface area contributed by atoms with Gasteiger partial charge in [0.25, 0.3) is 0 Å². The molecule has 1 aliphatic carbocycles. The molecule has 35 heavy (non-hydrogen) atoms. The van der Waals surface area contributed by atoms with Crippen LogP contribution in [-0.2, 0) is 14.3 Å². The van der Waals surface area contributed by atoms with E-state index < -0.39 is 17.8 Å². The van der Waals surface area contributed by atoms with Crippen LogP contribution in [0, 0.1) is 11.7 Å². The van der Waals surface area contributed by atoms with Gasteiger partial charge in [0.2, 0.25) is 0 Å². The summed E-state index contributed by atoms with van der Waals surface area (Å²) < 4.78 is 30.0. The van der Waals surface area contributed by atoms with Crippen molar-refractivity contribution in [3.63, 3.8) is 0 Å². The van der Waals surface area contributed by atoms with Gasteiger partial charge in [-0.05, 0) is 61.1 Å². The Labute approximate surface area is 204 Å². The van der Waals surface area contributed by atoms with Crippen molar-refractivity contribution in [3.05, 3.63) is 70.7 Å². The second-order valence-corrected chi connectivity index (χ2v) is 8.93. The van der Waals surface area contributed by atoms with Crippen LogP contribution >= 0.6 is 0 Å². The number of carbonyl (C=O) groups excluding carboxylic acids is 2. The Hall–Kier alpha value is -3.48. The molecule has 2 aromatic rings. The van der Waals surface area contributed by atoms with Crippen molar-refractivity contribution in [2.45, 2.75) is 44.9 Å². The highest BCUT2D eigenvalue weighted by atomic mass is 19.1. The summed E-state index contributed by atoms with van der Waals surface area (Å²) in [6.45, 7) is 4.01. The summed E-state index contributed by atoms with van der Waals surface area (Å²) in [7, 11) is 3.16. The molecule has 0 saturated heterocycles. The number of ether oxygens (including phenoxy) is 3. The monoisotopic (exact) mass is 479 g/mol. The lowest BCUT2D eigenvalue weighted by atomic mass is 9.69. The number of benzene rings is 2. The van der Waals surface area contributed by atoms with Crippen molar-refractivity contribution in [2.75, 3.05) is 20.8 Å². The molecular formula is C28H30FNO5. The van der Waals surface area contributed by atoms with E-state index in [2.05, 4.69) is 0 Å². The molecule has 0 radical (unpaired) electrons. The molecule has 7 heteroatoms. The largest absolute Gasteiger partial charge is 0.493 e. The molecule has 0 amide bonds. The second-order valence-electron chi connectivity index (χ2n) is 8.93. The summed E-state index contributed by atoms with van der Waals surface area (Å²) in [5, 5.41) is 0. The van der Waals surface area contributed by atoms with Gasteiger partial charge in [0.05, 0.1) is 20.8 Å². The third-order valence-corrected chi connectivity index (χ3v) is 6.70. The van der Waals surface area contributed by atoms with Crippen molar-refractivity contribution >= 4 is 17.5 Å². The first-order chi connectivity index (χ1) is 16.9. The summed E-state index contributed by atoms with van der Waals surface area (Å²) in [4.78, 5) is 31.5. The maximum atomic E-state index is 13.7. The highest BCUT2D eigenvalue weighted by Gasteiger charge is 2.44. The molecule has 0 N–H and O–H groups in total. The lowest BCUT2D eigenvalue weighted by Crippen LogP contribution is -2.38. The van der Waals surface area contributed by atoms with Crippen molar-refractivity contribution in [1.29, 1.82) is 0 Å². The number of aliphatic imine (C=N–C) groups is 1. The molecule has 0 spiro atoms. The average molecular weight is 480 g/mol. The Kier molecular flexibility index (Phi) is 7.34. The summed E-state index contributed by atoms with van der Waals surface area (Å²) in [5.41, 5.74) is 3.45. The maximum absolute atomic E-state index is 13.7. The van der Waals surface area contributed by atoms with Gasteiger partial charge >= 0.3 is 5.97 Å². The quantitative estimate of drug-likeness (QED) is 0.499. The summed E-state index contributed by atoms with van der Waals surface area (Å²) in [6, 6.07) is 11.6. The van der Waals surface area contributed by atoms with Crippen LogP contribution in [0.3, 0.4) is 0 Å². The fraction of sp³-hybridized carbons (Fsp3) is 0.393. The van der Waals surface area contributed by atoms with Crippen LogP contribution in [0.4, 0.5) is 4.39 Å². The van der Waals surface area contributed by atoms with E-state index in [0.717, 1.165) is 5.56 Å². The van der Waals surface area contributed by atoms with Gasteiger partial charge in [0.15, 0.2) is 17.3 Å². The first-order valence-corrected chi connectivity index (χ1v) is 11.8. The van der Waals surface area contributed by atoms with E-state index in [1.807, 2.05) is 25.1 Å². The zero-order valence-electron chi connectivity index (χ0n) is 20.5. The number of hydrogen-bond donors (Lipinski definition) is 0. The molecule has 184 valence electrons. The number of nitrogens with zero attached hydrogens (tertiary/aromatic N) is 1. The van der Waals surface area contributed by atoms with Gasteiger partial charge in [-0.25, -0.2) is 4.39 Å². The Morgan fingerprint density at radius 1 is 1.03 bits per heavy atom. The van der Waals surface area contributed by atoms with Gasteiger partial charge < -0.3 is 14.2 Å². The van der Waals surface area contributed by atoms with Crippen LogP contribution in [0.15, 0.2) is 58.7 Å². The first-order valence-electron chi connectivity index (χ1n) is 11.8. The van der Waals surface area contributed by atoms with E-state index in [4.69, 9.17) is 19.2 Å². The van der Waals surface area contributed by atoms with E-state index in [9.17, 15) is 14.0 Å². The first kappa shape index (κ1) is 24.6. The SMILES string of the molecule is CCCOC(=O)C1C(C)=NC2=C(C(=O)C[C@H](c3ccc(OC)c(OC)c3)C2)[C@H]1c1ccc(F)cc1. The van der Waals surface area contributed by atoms with Crippen molar-refractivity contribution in [1.82, 2.24) is 0 Å². The van der Waals surface area contributed by atoms with Gasteiger partial charge in [-0.3, -0.25) is 14.6 Å². The molecule has 0 saturated carbocycles. The minimum Gasteiger partial charge on any atom is -0.493 e. The van der Waals surface area contributed by atoms with E-state index in [-0.39, 0.29) is 23.9 Å².